The second kappa shape index (κ2) is 15.7. The lowest BCUT2D eigenvalue weighted by atomic mass is 9.93. The van der Waals surface area contributed by atoms with E-state index in [1.165, 1.54) is 77.0 Å². The largest absolute Gasteiger partial charge is 0.355 e. The van der Waals surface area contributed by atoms with Crippen molar-refractivity contribution in [1.82, 2.24) is 5.32 Å². The van der Waals surface area contributed by atoms with Crippen LogP contribution in [0.15, 0.2) is 9.98 Å². The summed E-state index contributed by atoms with van der Waals surface area (Å²) in [4.78, 5) is 9.68. The van der Waals surface area contributed by atoms with Crippen LogP contribution in [-0.4, -0.2) is 40.3 Å². The summed E-state index contributed by atoms with van der Waals surface area (Å²) < 4.78 is 0. The summed E-state index contributed by atoms with van der Waals surface area (Å²) in [6.45, 7) is 5.08. The zero-order valence-electron chi connectivity index (χ0n) is 18.5. The van der Waals surface area contributed by atoms with E-state index < -0.39 is 0 Å². The first-order valence-corrected chi connectivity index (χ1v) is 14.0. The highest BCUT2D eigenvalue weighted by Gasteiger charge is 2.36. The van der Waals surface area contributed by atoms with Gasteiger partial charge in [-0.05, 0) is 25.4 Å². The van der Waals surface area contributed by atoms with Crippen LogP contribution in [0.1, 0.15) is 90.9 Å². The van der Waals surface area contributed by atoms with Gasteiger partial charge in [-0.2, -0.15) is 0 Å². The summed E-state index contributed by atoms with van der Waals surface area (Å²) >= 11 is 9.38. The van der Waals surface area contributed by atoms with Crippen molar-refractivity contribution < 1.29 is 0 Å². The number of unbranched alkanes of at least 4 members (excludes halogenated alkanes) is 8. The number of nitrogens with zero attached hydrogens (tertiary/aromatic N) is 2. The van der Waals surface area contributed by atoms with Crippen molar-refractivity contribution in [2.24, 2.45) is 15.9 Å². The molecule has 0 saturated heterocycles. The molecule has 1 N–H and O–H groups in total. The third kappa shape index (κ3) is 9.17. The van der Waals surface area contributed by atoms with E-state index in [2.05, 4.69) is 41.7 Å². The molecule has 1 aliphatic heterocycles. The van der Waals surface area contributed by atoms with E-state index in [-0.39, 0.29) is 4.87 Å². The van der Waals surface area contributed by atoms with Crippen molar-refractivity contribution >= 4 is 52.0 Å². The molecular formula is C22H41N3S3. The van der Waals surface area contributed by atoms with Crippen LogP contribution in [0, 0.1) is 5.92 Å². The van der Waals surface area contributed by atoms with Gasteiger partial charge in [0.25, 0.3) is 0 Å². The third-order valence-electron chi connectivity index (χ3n) is 5.39. The van der Waals surface area contributed by atoms with Crippen LogP contribution >= 0.6 is 35.7 Å². The molecule has 0 fully saturated rings. The molecule has 2 atom stereocenters. The van der Waals surface area contributed by atoms with Gasteiger partial charge < -0.3 is 5.32 Å². The molecule has 0 saturated carbocycles. The van der Waals surface area contributed by atoms with Crippen molar-refractivity contribution in [3.63, 3.8) is 0 Å². The van der Waals surface area contributed by atoms with Crippen LogP contribution in [0.4, 0.5) is 0 Å². The Morgan fingerprint density at radius 3 is 2.18 bits per heavy atom. The highest BCUT2D eigenvalue weighted by molar-refractivity contribution is 8.16. The normalized spacial score (nSPS) is 20.1. The van der Waals surface area contributed by atoms with Crippen molar-refractivity contribution in [1.29, 1.82) is 0 Å². The summed E-state index contributed by atoms with van der Waals surface area (Å²) in [6.07, 6.45) is 21.9. The number of hydrogen-bond donors (Lipinski definition) is 1. The predicted molar refractivity (Wildman–Crippen MR) is 137 cm³/mol. The predicted octanol–water partition coefficient (Wildman–Crippen LogP) is 7.10. The van der Waals surface area contributed by atoms with E-state index in [1.54, 1.807) is 23.5 Å². The Hall–Kier alpha value is -0.0700. The van der Waals surface area contributed by atoms with Gasteiger partial charge in [0.05, 0.1) is 4.99 Å². The standard InChI is InChI=1S/C22H41N3S3/c1-5-7-9-11-12-14-16-19(15-13-10-8-6-2)20(26)25-22(28-4)17-23-18-24-21(22)27-3/h17,19H,5-16,18H2,1-4H3,(H,25,26). The zero-order valence-corrected chi connectivity index (χ0v) is 20.9. The fourth-order valence-electron chi connectivity index (χ4n) is 3.62. The zero-order chi connectivity index (χ0) is 20.7. The topological polar surface area (TPSA) is 36.8 Å². The molecule has 1 heterocycles. The lowest BCUT2D eigenvalue weighted by Crippen LogP contribution is -2.54. The SMILES string of the molecule is CCCCCCCCC(CCCCCC)C(=S)NC1(SC)C=NCN=C1SC. The van der Waals surface area contributed by atoms with Crippen molar-refractivity contribution in [2.45, 2.75) is 95.8 Å². The van der Waals surface area contributed by atoms with Gasteiger partial charge in [-0.25, -0.2) is 0 Å². The molecule has 0 bridgehead atoms. The van der Waals surface area contributed by atoms with Gasteiger partial charge in [0, 0.05) is 12.1 Å². The van der Waals surface area contributed by atoms with Crippen molar-refractivity contribution in [3.05, 3.63) is 0 Å². The smallest absolute Gasteiger partial charge is 0.168 e. The average molecular weight is 444 g/mol. The van der Waals surface area contributed by atoms with Gasteiger partial charge in [0.1, 0.15) is 11.7 Å². The Morgan fingerprint density at radius 1 is 1.04 bits per heavy atom. The van der Waals surface area contributed by atoms with Gasteiger partial charge >= 0.3 is 0 Å². The first-order chi connectivity index (χ1) is 13.6. The maximum Gasteiger partial charge on any atom is 0.168 e. The van der Waals surface area contributed by atoms with Crippen LogP contribution in [0.2, 0.25) is 0 Å². The fourth-order valence-corrected chi connectivity index (χ4v) is 5.81. The maximum atomic E-state index is 5.94. The van der Waals surface area contributed by atoms with E-state index >= 15 is 0 Å². The molecule has 0 radical (unpaired) electrons. The Labute approximate surface area is 187 Å². The summed E-state index contributed by atoms with van der Waals surface area (Å²) in [5, 5.41) is 4.76. The molecule has 3 nitrogen and oxygen atoms in total. The molecule has 1 aliphatic rings. The van der Waals surface area contributed by atoms with Gasteiger partial charge in [0.15, 0.2) is 4.87 Å². The first kappa shape index (κ1) is 26.0. The molecule has 1 rings (SSSR count). The molecule has 28 heavy (non-hydrogen) atoms. The molecule has 0 aromatic heterocycles. The number of hydrogen-bond acceptors (Lipinski definition) is 5. The number of nitrogens with one attached hydrogen (secondary N) is 1. The van der Waals surface area contributed by atoms with E-state index in [0.29, 0.717) is 12.6 Å². The third-order valence-corrected chi connectivity index (χ3v) is 7.84. The molecule has 162 valence electrons. The lowest BCUT2D eigenvalue weighted by Gasteiger charge is -2.34. The second-order valence-corrected chi connectivity index (χ2v) is 9.94. The number of thioether (sulfide) groups is 2. The number of rotatable bonds is 15. The van der Waals surface area contributed by atoms with E-state index in [4.69, 9.17) is 12.2 Å². The highest BCUT2D eigenvalue weighted by Crippen LogP contribution is 2.29. The maximum absolute atomic E-state index is 5.94. The summed E-state index contributed by atoms with van der Waals surface area (Å²) in [5.41, 5.74) is 0. The molecule has 0 aliphatic carbocycles. The Bertz CT molecular complexity index is 493. The summed E-state index contributed by atoms with van der Waals surface area (Å²) in [7, 11) is 0. The average Bonchev–Trinajstić information content (AvgIpc) is 2.72. The van der Waals surface area contributed by atoms with E-state index in [1.807, 2.05) is 6.21 Å². The summed E-state index contributed by atoms with van der Waals surface area (Å²) in [6, 6.07) is 0. The van der Waals surface area contributed by atoms with Crippen LogP contribution < -0.4 is 5.32 Å². The fraction of sp³-hybridized carbons (Fsp3) is 0.864. The monoisotopic (exact) mass is 443 g/mol. The summed E-state index contributed by atoms with van der Waals surface area (Å²) in [5.74, 6) is 0.473. The molecule has 6 heteroatoms. The molecular weight excluding hydrogens is 402 g/mol. The van der Waals surface area contributed by atoms with E-state index in [0.717, 1.165) is 10.0 Å². The van der Waals surface area contributed by atoms with Gasteiger partial charge in [0.2, 0.25) is 0 Å². The number of aliphatic imine (C=N–C) groups is 2. The Balaban J connectivity index is 2.66. The minimum atomic E-state index is -0.377. The van der Waals surface area contributed by atoms with E-state index in [9.17, 15) is 0 Å². The Morgan fingerprint density at radius 2 is 1.61 bits per heavy atom. The van der Waals surface area contributed by atoms with Crippen LogP contribution in [0.5, 0.6) is 0 Å². The first-order valence-electron chi connectivity index (χ1n) is 11.1. The van der Waals surface area contributed by atoms with Gasteiger partial charge in [-0.3, -0.25) is 9.98 Å². The molecule has 2 unspecified atom stereocenters. The van der Waals surface area contributed by atoms with Crippen molar-refractivity contribution in [3.8, 4) is 0 Å². The van der Waals surface area contributed by atoms with Crippen LogP contribution in [0.3, 0.4) is 0 Å². The van der Waals surface area contributed by atoms with Crippen LogP contribution in [-0.2, 0) is 0 Å². The Kier molecular flexibility index (Phi) is 14.6. The van der Waals surface area contributed by atoms with Gasteiger partial charge in [-0.15, -0.1) is 23.5 Å². The minimum absolute atomic E-state index is 0.377. The lowest BCUT2D eigenvalue weighted by molar-refractivity contribution is 0.484. The highest BCUT2D eigenvalue weighted by atomic mass is 32.2. The van der Waals surface area contributed by atoms with Crippen LogP contribution in [0.25, 0.3) is 0 Å². The molecule has 0 aromatic carbocycles. The van der Waals surface area contributed by atoms with Crippen molar-refractivity contribution in [2.75, 3.05) is 19.2 Å². The number of thiocarbonyl (C=S) groups is 1. The quantitative estimate of drug-likeness (QED) is 0.166. The molecule has 0 spiro atoms. The molecule has 0 aromatic rings. The molecule has 0 amide bonds. The van der Waals surface area contributed by atoms with Gasteiger partial charge in [-0.1, -0.05) is 90.3 Å². The second-order valence-electron chi connectivity index (χ2n) is 7.65. The minimum Gasteiger partial charge on any atom is -0.355 e.